The number of fused-ring (bicyclic) bond motifs is 1. The fourth-order valence-electron chi connectivity index (χ4n) is 3.01. The van der Waals surface area contributed by atoms with Gasteiger partial charge >= 0.3 is 0 Å². The summed E-state index contributed by atoms with van der Waals surface area (Å²) in [5.74, 6) is 1.37. The van der Waals surface area contributed by atoms with Gasteiger partial charge in [0.2, 0.25) is 11.2 Å². The van der Waals surface area contributed by atoms with Crippen molar-refractivity contribution >= 4 is 26.9 Å². The maximum atomic E-state index is 12.7. The van der Waals surface area contributed by atoms with Gasteiger partial charge in [0.05, 0.1) is 16.5 Å². The lowest BCUT2D eigenvalue weighted by atomic mass is 10.1. The van der Waals surface area contributed by atoms with Crippen LogP contribution in [0.3, 0.4) is 0 Å². The molecule has 0 atom stereocenters. The molecule has 0 amide bonds. The Bertz CT molecular complexity index is 1170. The first-order valence-corrected chi connectivity index (χ1v) is 10.1. The van der Waals surface area contributed by atoms with Gasteiger partial charge < -0.3 is 13.9 Å². The molecule has 4 nitrogen and oxygen atoms in total. The number of hydrogen-bond acceptors (Lipinski definition) is 4. The zero-order valence-electron chi connectivity index (χ0n) is 15.6. The molecule has 4 aromatic rings. The van der Waals surface area contributed by atoms with Crippen molar-refractivity contribution < 1.29 is 13.9 Å². The lowest BCUT2D eigenvalue weighted by Gasteiger charge is -2.09. The molecule has 0 spiro atoms. The number of para-hydroxylation sites is 1. The molecule has 0 bridgehead atoms. The summed E-state index contributed by atoms with van der Waals surface area (Å²) in [6, 6.07) is 22.9. The predicted octanol–water partition coefficient (Wildman–Crippen LogP) is 6.36. The molecule has 0 saturated heterocycles. The van der Waals surface area contributed by atoms with Crippen molar-refractivity contribution in [3.05, 3.63) is 99.3 Å². The van der Waals surface area contributed by atoms with Crippen molar-refractivity contribution in [2.75, 3.05) is 6.61 Å². The fraction of sp³-hybridized carbons (Fsp3) is 0.125. The largest absolute Gasteiger partial charge is 0.493 e. The normalized spacial score (nSPS) is 10.8. The second-order valence-corrected chi connectivity index (χ2v) is 7.41. The third kappa shape index (κ3) is 4.69. The molecular formula is C24H19BrO4. The summed E-state index contributed by atoms with van der Waals surface area (Å²) >= 11 is 3.41. The molecule has 3 aromatic carbocycles. The smallest absolute Gasteiger partial charge is 0.235 e. The number of hydrogen-bond donors (Lipinski definition) is 0. The molecule has 0 fully saturated rings. The number of halogens is 1. The third-order valence-electron chi connectivity index (χ3n) is 4.49. The molecule has 0 unspecified atom stereocenters. The average molecular weight is 451 g/mol. The minimum atomic E-state index is -0.224. The molecule has 4 rings (SSSR count). The van der Waals surface area contributed by atoms with Gasteiger partial charge in [-0.1, -0.05) is 42.5 Å². The minimum Gasteiger partial charge on any atom is -0.493 e. The maximum Gasteiger partial charge on any atom is 0.235 e. The molecular weight excluding hydrogens is 432 g/mol. The van der Waals surface area contributed by atoms with Gasteiger partial charge in [0.25, 0.3) is 0 Å². The van der Waals surface area contributed by atoms with E-state index in [4.69, 9.17) is 13.9 Å². The summed E-state index contributed by atoms with van der Waals surface area (Å²) in [6.45, 7) is 0.591. The summed E-state index contributed by atoms with van der Waals surface area (Å²) in [4.78, 5) is 12.7. The number of aryl methyl sites for hydroxylation is 1. The Hall–Kier alpha value is -3.05. The zero-order valence-corrected chi connectivity index (χ0v) is 17.2. The Morgan fingerprint density at radius 2 is 1.69 bits per heavy atom. The summed E-state index contributed by atoms with van der Waals surface area (Å²) in [5, 5.41) is 0.450. The first-order chi connectivity index (χ1) is 14.2. The Morgan fingerprint density at radius 3 is 2.52 bits per heavy atom. The van der Waals surface area contributed by atoms with Crippen LogP contribution in [-0.4, -0.2) is 6.61 Å². The average Bonchev–Trinajstić information content (AvgIpc) is 2.75. The molecule has 146 valence electrons. The van der Waals surface area contributed by atoms with Crippen LogP contribution in [-0.2, 0) is 6.42 Å². The van der Waals surface area contributed by atoms with Crippen LogP contribution in [0.15, 0.2) is 92.7 Å². The van der Waals surface area contributed by atoms with E-state index in [1.807, 2.05) is 36.4 Å². The second-order valence-electron chi connectivity index (χ2n) is 6.56. The Morgan fingerprint density at radius 1 is 0.897 bits per heavy atom. The van der Waals surface area contributed by atoms with Crippen molar-refractivity contribution in [1.29, 1.82) is 0 Å². The van der Waals surface area contributed by atoms with Gasteiger partial charge in [-0.15, -0.1) is 0 Å². The third-order valence-corrected chi connectivity index (χ3v) is 5.15. The van der Waals surface area contributed by atoms with Crippen molar-refractivity contribution in [2.24, 2.45) is 0 Å². The lowest BCUT2D eigenvalue weighted by molar-refractivity contribution is 0.311. The monoisotopic (exact) mass is 450 g/mol. The van der Waals surface area contributed by atoms with Crippen LogP contribution >= 0.6 is 15.9 Å². The van der Waals surface area contributed by atoms with Gasteiger partial charge in [0, 0.05) is 6.07 Å². The van der Waals surface area contributed by atoms with E-state index in [0.29, 0.717) is 29.1 Å². The van der Waals surface area contributed by atoms with E-state index in [1.54, 1.807) is 24.3 Å². The molecule has 1 aromatic heterocycles. The number of ether oxygens (including phenoxy) is 2. The van der Waals surface area contributed by atoms with E-state index in [2.05, 4.69) is 28.1 Å². The lowest BCUT2D eigenvalue weighted by Crippen LogP contribution is -2.05. The van der Waals surface area contributed by atoms with Gasteiger partial charge in [0.15, 0.2) is 0 Å². The van der Waals surface area contributed by atoms with Crippen molar-refractivity contribution in [3.63, 3.8) is 0 Å². The van der Waals surface area contributed by atoms with Crippen LogP contribution in [0.2, 0.25) is 0 Å². The highest BCUT2D eigenvalue weighted by molar-refractivity contribution is 9.10. The highest BCUT2D eigenvalue weighted by atomic mass is 79.9. The van der Waals surface area contributed by atoms with Crippen LogP contribution in [0, 0.1) is 0 Å². The summed E-state index contributed by atoms with van der Waals surface area (Å²) < 4.78 is 17.9. The van der Waals surface area contributed by atoms with Crippen LogP contribution < -0.4 is 14.9 Å². The molecule has 0 aliphatic rings. The minimum absolute atomic E-state index is 0.140. The topological polar surface area (TPSA) is 48.7 Å². The SMILES string of the molecule is O=c1c(Oc2ccccc2Br)coc2cc(OCCCc3ccccc3)ccc12. The van der Waals surface area contributed by atoms with E-state index in [0.717, 1.165) is 17.3 Å². The van der Waals surface area contributed by atoms with Gasteiger partial charge in [0.1, 0.15) is 23.3 Å². The molecule has 0 radical (unpaired) electrons. The van der Waals surface area contributed by atoms with E-state index in [9.17, 15) is 4.79 Å². The quantitative estimate of drug-likeness (QED) is 0.307. The first-order valence-electron chi connectivity index (χ1n) is 9.35. The highest BCUT2D eigenvalue weighted by Crippen LogP contribution is 2.29. The molecule has 29 heavy (non-hydrogen) atoms. The van der Waals surface area contributed by atoms with E-state index >= 15 is 0 Å². The summed E-state index contributed by atoms with van der Waals surface area (Å²) in [5.41, 5.74) is 1.53. The highest BCUT2D eigenvalue weighted by Gasteiger charge is 2.11. The predicted molar refractivity (Wildman–Crippen MR) is 117 cm³/mol. The van der Waals surface area contributed by atoms with Crippen LogP contribution in [0.1, 0.15) is 12.0 Å². The summed E-state index contributed by atoms with van der Waals surface area (Å²) in [7, 11) is 0. The Labute approximate surface area is 176 Å². The van der Waals surface area contributed by atoms with Crippen LogP contribution in [0.5, 0.6) is 17.2 Å². The molecule has 0 aliphatic heterocycles. The number of rotatable bonds is 7. The zero-order chi connectivity index (χ0) is 20.1. The van der Waals surface area contributed by atoms with Gasteiger partial charge in [-0.25, -0.2) is 0 Å². The van der Waals surface area contributed by atoms with Crippen molar-refractivity contribution in [3.8, 4) is 17.2 Å². The Kier molecular flexibility index (Phi) is 5.96. The van der Waals surface area contributed by atoms with E-state index in [-0.39, 0.29) is 11.2 Å². The van der Waals surface area contributed by atoms with E-state index < -0.39 is 0 Å². The standard InChI is InChI=1S/C24H19BrO4/c25-20-10-4-5-11-21(20)29-23-16-28-22-15-18(12-13-19(22)24(23)26)27-14-6-9-17-7-2-1-3-8-17/h1-5,7-8,10-13,15-16H,6,9,14H2. The maximum absolute atomic E-state index is 12.7. The van der Waals surface area contributed by atoms with Gasteiger partial charge in [-0.2, -0.15) is 0 Å². The van der Waals surface area contributed by atoms with Crippen molar-refractivity contribution in [2.45, 2.75) is 12.8 Å². The molecule has 0 aliphatic carbocycles. The summed E-state index contributed by atoms with van der Waals surface area (Å²) in [6.07, 6.45) is 3.20. The van der Waals surface area contributed by atoms with Gasteiger partial charge in [-0.3, -0.25) is 4.79 Å². The van der Waals surface area contributed by atoms with Crippen molar-refractivity contribution in [1.82, 2.24) is 0 Å². The molecule has 0 saturated carbocycles. The van der Waals surface area contributed by atoms with Crippen LogP contribution in [0.25, 0.3) is 11.0 Å². The molecule has 0 N–H and O–H groups in total. The Balaban J connectivity index is 1.44. The van der Waals surface area contributed by atoms with Crippen LogP contribution in [0.4, 0.5) is 0 Å². The molecule has 1 heterocycles. The number of benzene rings is 3. The fourth-order valence-corrected chi connectivity index (χ4v) is 3.37. The second kappa shape index (κ2) is 8.97. The van der Waals surface area contributed by atoms with Gasteiger partial charge in [-0.05, 0) is 58.6 Å². The first kappa shape index (κ1) is 19.3. The van der Waals surface area contributed by atoms with E-state index in [1.165, 1.54) is 11.8 Å². The molecule has 5 heteroatoms.